The van der Waals surface area contributed by atoms with Crippen molar-refractivity contribution >= 4 is 26.7 Å². The Bertz CT molecular complexity index is 763. The molecule has 102 valence electrons. The molecular weight excluding hydrogens is 285 g/mol. The van der Waals surface area contributed by atoms with Crippen LogP contribution in [0.25, 0.3) is 21.3 Å². The Morgan fingerprint density at radius 1 is 1.00 bits per heavy atom. The lowest BCUT2D eigenvalue weighted by Crippen LogP contribution is -2.08. The fourth-order valence-corrected chi connectivity index (χ4v) is 2.90. The number of aromatic nitrogens is 1. The third kappa shape index (κ3) is 2.12. The van der Waals surface area contributed by atoms with Gasteiger partial charge in [0.05, 0.1) is 15.8 Å². The van der Waals surface area contributed by atoms with Crippen LogP contribution in [0.3, 0.4) is 0 Å². The van der Waals surface area contributed by atoms with Crippen LogP contribution in [0.15, 0.2) is 42.5 Å². The summed E-state index contributed by atoms with van der Waals surface area (Å²) in [5.41, 5.74) is 5.35. The molecule has 0 amide bonds. The maximum Gasteiger partial charge on any atom is 0.419 e. The van der Waals surface area contributed by atoms with Crippen molar-refractivity contribution in [1.82, 2.24) is 4.98 Å². The minimum Gasteiger partial charge on any atom is -0.375 e. The van der Waals surface area contributed by atoms with Gasteiger partial charge in [-0.05, 0) is 17.2 Å². The summed E-state index contributed by atoms with van der Waals surface area (Å²) in [5, 5.41) is 0.135. The molecule has 0 radical (unpaired) electrons. The molecule has 0 aliphatic rings. The van der Waals surface area contributed by atoms with Crippen LogP contribution in [0.2, 0.25) is 0 Å². The zero-order valence-electron chi connectivity index (χ0n) is 10.1. The number of rotatable bonds is 1. The zero-order chi connectivity index (χ0) is 14.3. The number of nitrogen functional groups attached to an aromatic ring is 1. The number of nitrogens with two attached hydrogens (primary N) is 1. The number of hydrogen-bond donors (Lipinski definition) is 1. The molecule has 0 saturated carbocycles. The Labute approximate surface area is 116 Å². The molecule has 3 rings (SSSR count). The molecule has 0 spiro atoms. The van der Waals surface area contributed by atoms with Crippen LogP contribution in [0.5, 0.6) is 0 Å². The van der Waals surface area contributed by atoms with Crippen molar-refractivity contribution in [2.45, 2.75) is 6.18 Å². The predicted molar refractivity (Wildman–Crippen MR) is 74.5 cm³/mol. The number of halogens is 3. The second kappa shape index (κ2) is 4.49. The standard InChI is InChI=1S/C14H9F3N2S/c15-14(16,17)11-9(8-4-2-1-3-5-8)6-7-10-12(11)19-13(18)20-10/h1-7H,(H2,18,19). The summed E-state index contributed by atoms with van der Waals surface area (Å²) in [5.74, 6) is 0. The van der Waals surface area contributed by atoms with Gasteiger partial charge in [0.2, 0.25) is 0 Å². The number of thiazole rings is 1. The van der Waals surface area contributed by atoms with E-state index in [0.29, 0.717) is 10.3 Å². The molecule has 6 heteroatoms. The second-order valence-corrected chi connectivity index (χ2v) is 5.31. The molecule has 0 aliphatic carbocycles. The molecule has 2 N–H and O–H groups in total. The third-order valence-electron chi connectivity index (χ3n) is 2.95. The van der Waals surface area contributed by atoms with E-state index >= 15 is 0 Å². The second-order valence-electron chi connectivity index (χ2n) is 4.25. The van der Waals surface area contributed by atoms with Gasteiger partial charge in [0.15, 0.2) is 5.13 Å². The van der Waals surface area contributed by atoms with Gasteiger partial charge in [-0.15, -0.1) is 0 Å². The van der Waals surface area contributed by atoms with E-state index in [0.717, 1.165) is 11.3 Å². The zero-order valence-corrected chi connectivity index (χ0v) is 10.9. The molecule has 2 nitrogen and oxygen atoms in total. The van der Waals surface area contributed by atoms with E-state index in [1.807, 2.05) is 0 Å². The van der Waals surface area contributed by atoms with Crippen LogP contribution < -0.4 is 5.73 Å². The molecular formula is C14H9F3N2S. The number of hydrogen-bond acceptors (Lipinski definition) is 3. The monoisotopic (exact) mass is 294 g/mol. The first kappa shape index (κ1) is 12.9. The van der Waals surface area contributed by atoms with Crippen LogP contribution in [0.1, 0.15) is 5.56 Å². The van der Waals surface area contributed by atoms with E-state index in [1.165, 1.54) is 6.07 Å². The molecule has 0 unspecified atom stereocenters. The molecule has 1 aromatic heterocycles. The van der Waals surface area contributed by atoms with Crippen LogP contribution >= 0.6 is 11.3 Å². The van der Waals surface area contributed by atoms with Gasteiger partial charge >= 0.3 is 6.18 Å². The Hall–Kier alpha value is -2.08. The summed E-state index contributed by atoms with van der Waals surface area (Å²) in [6, 6.07) is 11.6. The smallest absolute Gasteiger partial charge is 0.375 e. The first-order chi connectivity index (χ1) is 9.47. The van der Waals surface area contributed by atoms with Crippen molar-refractivity contribution in [2.75, 3.05) is 5.73 Å². The van der Waals surface area contributed by atoms with E-state index < -0.39 is 11.7 Å². The maximum absolute atomic E-state index is 13.4. The highest BCUT2D eigenvalue weighted by atomic mass is 32.1. The van der Waals surface area contributed by atoms with Crippen LogP contribution in [0, 0.1) is 0 Å². The first-order valence-corrected chi connectivity index (χ1v) is 6.60. The highest BCUT2D eigenvalue weighted by molar-refractivity contribution is 7.22. The van der Waals surface area contributed by atoms with E-state index in [9.17, 15) is 13.2 Å². The van der Waals surface area contributed by atoms with Crippen molar-refractivity contribution in [3.05, 3.63) is 48.0 Å². The molecule has 0 saturated heterocycles. The summed E-state index contributed by atoms with van der Waals surface area (Å²) in [7, 11) is 0. The Morgan fingerprint density at radius 2 is 1.70 bits per heavy atom. The predicted octanol–water partition coefficient (Wildman–Crippen LogP) is 4.56. The Morgan fingerprint density at radius 3 is 2.35 bits per heavy atom. The quantitative estimate of drug-likeness (QED) is 0.714. The lowest BCUT2D eigenvalue weighted by Gasteiger charge is -2.13. The topological polar surface area (TPSA) is 38.9 Å². The van der Waals surface area contributed by atoms with Gasteiger partial charge in [-0.2, -0.15) is 13.2 Å². The highest BCUT2D eigenvalue weighted by Crippen LogP contribution is 2.42. The molecule has 0 bridgehead atoms. The van der Waals surface area contributed by atoms with Crippen molar-refractivity contribution in [2.24, 2.45) is 0 Å². The average molecular weight is 294 g/mol. The van der Waals surface area contributed by atoms with Crippen molar-refractivity contribution < 1.29 is 13.2 Å². The molecule has 20 heavy (non-hydrogen) atoms. The fourth-order valence-electron chi connectivity index (χ4n) is 2.16. The van der Waals surface area contributed by atoms with Crippen LogP contribution in [0.4, 0.5) is 18.3 Å². The maximum atomic E-state index is 13.4. The van der Waals surface area contributed by atoms with E-state index in [4.69, 9.17) is 5.73 Å². The number of alkyl halides is 3. The molecule has 2 aromatic carbocycles. The molecule has 1 heterocycles. The first-order valence-electron chi connectivity index (χ1n) is 5.78. The summed E-state index contributed by atoms with van der Waals surface area (Å²) < 4.78 is 40.6. The molecule has 0 fully saturated rings. The Balaban J connectivity index is 2.38. The van der Waals surface area contributed by atoms with E-state index in [-0.39, 0.29) is 16.2 Å². The third-order valence-corrected chi connectivity index (χ3v) is 3.80. The molecule has 0 aliphatic heterocycles. The van der Waals surface area contributed by atoms with E-state index in [2.05, 4.69) is 4.98 Å². The SMILES string of the molecule is Nc1nc2c(C(F)(F)F)c(-c3ccccc3)ccc2s1. The van der Waals surface area contributed by atoms with Crippen molar-refractivity contribution in [3.63, 3.8) is 0 Å². The van der Waals surface area contributed by atoms with Crippen molar-refractivity contribution in [3.8, 4) is 11.1 Å². The Kier molecular flexibility index (Phi) is 2.90. The highest BCUT2D eigenvalue weighted by Gasteiger charge is 2.37. The largest absolute Gasteiger partial charge is 0.419 e. The summed E-state index contributed by atoms with van der Waals surface area (Å²) in [6.45, 7) is 0. The van der Waals surface area contributed by atoms with E-state index in [1.54, 1.807) is 36.4 Å². The van der Waals surface area contributed by atoms with Gasteiger partial charge in [-0.3, -0.25) is 0 Å². The summed E-state index contributed by atoms with van der Waals surface area (Å²) in [4.78, 5) is 3.84. The summed E-state index contributed by atoms with van der Waals surface area (Å²) >= 11 is 1.05. The average Bonchev–Trinajstić information content (AvgIpc) is 2.77. The minimum absolute atomic E-state index is 0.0821. The minimum atomic E-state index is -4.48. The normalized spacial score (nSPS) is 11.9. The van der Waals surface area contributed by atoms with Gasteiger partial charge < -0.3 is 5.73 Å². The van der Waals surface area contributed by atoms with Gasteiger partial charge in [0, 0.05) is 0 Å². The number of anilines is 1. The molecule has 0 atom stereocenters. The van der Waals surface area contributed by atoms with Gasteiger partial charge in [-0.1, -0.05) is 47.7 Å². The van der Waals surface area contributed by atoms with Crippen LogP contribution in [-0.2, 0) is 6.18 Å². The van der Waals surface area contributed by atoms with Gasteiger partial charge in [0.1, 0.15) is 0 Å². The fraction of sp³-hybridized carbons (Fsp3) is 0.0714. The lowest BCUT2D eigenvalue weighted by atomic mass is 9.98. The summed E-state index contributed by atoms with van der Waals surface area (Å²) in [6.07, 6.45) is -4.48. The number of nitrogens with zero attached hydrogens (tertiary/aromatic N) is 1. The van der Waals surface area contributed by atoms with Gasteiger partial charge in [0.25, 0.3) is 0 Å². The van der Waals surface area contributed by atoms with Crippen molar-refractivity contribution in [1.29, 1.82) is 0 Å². The number of fused-ring (bicyclic) bond motifs is 1. The lowest BCUT2D eigenvalue weighted by molar-refractivity contribution is -0.135. The number of benzene rings is 2. The van der Waals surface area contributed by atoms with Crippen LogP contribution in [-0.4, -0.2) is 4.98 Å². The van der Waals surface area contributed by atoms with Gasteiger partial charge in [-0.25, -0.2) is 4.98 Å². The molecule has 3 aromatic rings.